The van der Waals surface area contributed by atoms with Crippen LogP contribution in [-0.2, 0) is 0 Å². The highest BCUT2D eigenvalue weighted by molar-refractivity contribution is 5.20. The SMILES string of the molecule is CC(CCCOc1ccccc1)CNCC(F)(F)F. The third-order valence-electron chi connectivity index (χ3n) is 2.67. The molecule has 1 rings (SSSR count). The van der Waals surface area contributed by atoms with Gasteiger partial charge in [0.1, 0.15) is 5.75 Å². The van der Waals surface area contributed by atoms with E-state index in [1.807, 2.05) is 37.3 Å². The molecule has 1 unspecified atom stereocenters. The van der Waals surface area contributed by atoms with Crippen molar-refractivity contribution in [3.8, 4) is 5.75 Å². The van der Waals surface area contributed by atoms with E-state index in [4.69, 9.17) is 4.74 Å². The number of alkyl halides is 3. The number of nitrogens with one attached hydrogen (secondary N) is 1. The quantitative estimate of drug-likeness (QED) is 0.731. The summed E-state index contributed by atoms with van der Waals surface area (Å²) in [4.78, 5) is 0. The zero-order valence-corrected chi connectivity index (χ0v) is 11.0. The minimum absolute atomic E-state index is 0.210. The maximum absolute atomic E-state index is 11.9. The second-order valence-electron chi connectivity index (χ2n) is 4.65. The summed E-state index contributed by atoms with van der Waals surface area (Å²) in [5, 5.41) is 2.42. The Labute approximate surface area is 112 Å². The number of rotatable bonds is 8. The van der Waals surface area contributed by atoms with Gasteiger partial charge in [-0.05, 0) is 37.4 Å². The first-order valence-corrected chi connectivity index (χ1v) is 6.42. The van der Waals surface area contributed by atoms with E-state index in [2.05, 4.69) is 5.32 Å². The van der Waals surface area contributed by atoms with E-state index in [1.54, 1.807) is 0 Å². The van der Waals surface area contributed by atoms with Crippen molar-refractivity contribution >= 4 is 0 Å². The smallest absolute Gasteiger partial charge is 0.401 e. The van der Waals surface area contributed by atoms with Gasteiger partial charge in [0, 0.05) is 0 Å². The van der Waals surface area contributed by atoms with Crippen LogP contribution in [0.3, 0.4) is 0 Å². The molecule has 0 bridgehead atoms. The number of hydrogen-bond donors (Lipinski definition) is 1. The lowest BCUT2D eigenvalue weighted by Crippen LogP contribution is -2.32. The van der Waals surface area contributed by atoms with Crippen LogP contribution in [-0.4, -0.2) is 25.9 Å². The first-order chi connectivity index (χ1) is 8.97. The predicted molar refractivity (Wildman–Crippen MR) is 69.3 cm³/mol. The van der Waals surface area contributed by atoms with E-state index in [9.17, 15) is 13.2 Å². The summed E-state index contributed by atoms with van der Waals surface area (Å²) in [6, 6.07) is 9.49. The summed E-state index contributed by atoms with van der Waals surface area (Å²) < 4.78 is 41.3. The molecule has 1 aromatic carbocycles. The molecule has 0 radical (unpaired) electrons. The molecular formula is C14H20F3NO. The molecule has 0 fully saturated rings. The lowest BCUT2D eigenvalue weighted by Gasteiger charge is -2.14. The molecule has 0 aromatic heterocycles. The van der Waals surface area contributed by atoms with Crippen LogP contribution in [0.25, 0.3) is 0 Å². The average molecular weight is 275 g/mol. The Hall–Kier alpha value is -1.23. The molecule has 19 heavy (non-hydrogen) atoms. The third kappa shape index (κ3) is 8.48. The fraction of sp³-hybridized carbons (Fsp3) is 0.571. The maximum Gasteiger partial charge on any atom is 0.401 e. The van der Waals surface area contributed by atoms with Gasteiger partial charge in [-0.15, -0.1) is 0 Å². The zero-order valence-electron chi connectivity index (χ0n) is 11.0. The molecule has 0 aliphatic rings. The molecule has 0 saturated heterocycles. The Morgan fingerprint density at radius 3 is 2.53 bits per heavy atom. The van der Waals surface area contributed by atoms with Crippen LogP contribution in [0.5, 0.6) is 5.75 Å². The highest BCUT2D eigenvalue weighted by atomic mass is 19.4. The number of hydrogen-bond acceptors (Lipinski definition) is 2. The van der Waals surface area contributed by atoms with Gasteiger partial charge in [-0.1, -0.05) is 25.1 Å². The van der Waals surface area contributed by atoms with E-state index in [-0.39, 0.29) is 5.92 Å². The van der Waals surface area contributed by atoms with Gasteiger partial charge >= 0.3 is 6.18 Å². The molecule has 1 atom stereocenters. The van der Waals surface area contributed by atoms with Gasteiger partial charge in [0.15, 0.2) is 0 Å². The second-order valence-corrected chi connectivity index (χ2v) is 4.65. The molecule has 108 valence electrons. The lowest BCUT2D eigenvalue weighted by atomic mass is 10.1. The minimum atomic E-state index is -4.13. The van der Waals surface area contributed by atoms with Crippen molar-refractivity contribution in [3.63, 3.8) is 0 Å². The zero-order chi connectivity index (χ0) is 14.1. The molecule has 0 saturated carbocycles. The molecule has 0 aliphatic heterocycles. The van der Waals surface area contributed by atoms with Crippen LogP contribution >= 0.6 is 0 Å². The van der Waals surface area contributed by atoms with Gasteiger partial charge in [0.25, 0.3) is 0 Å². The highest BCUT2D eigenvalue weighted by Gasteiger charge is 2.26. The molecule has 1 aromatic rings. The minimum Gasteiger partial charge on any atom is -0.494 e. The summed E-state index contributed by atoms with van der Waals surface area (Å²) in [7, 11) is 0. The summed E-state index contributed by atoms with van der Waals surface area (Å²) in [5.74, 6) is 1.03. The van der Waals surface area contributed by atoms with Crippen LogP contribution in [0.15, 0.2) is 30.3 Å². The van der Waals surface area contributed by atoms with Crippen molar-refractivity contribution in [2.45, 2.75) is 25.9 Å². The van der Waals surface area contributed by atoms with Crippen molar-refractivity contribution in [2.24, 2.45) is 5.92 Å². The lowest BCUT2D eigenvalue weighted by molar-refractivity contribution is -0.125. The van der Waals surface area contributed by atoms with Crippen molar-refractivity contribution in [3.05, 3.63) is 30.3 Å². The first kappa shape index (κ1) is 15.8. The van der Waals surface area contributed by atoms with Crippen molar-refractivity contribution in [2.75, 3.05) is 19.7 Å². The molecule has 0 spiro atoms. The molecule has 0 aliphatic carbocycles. The van der Waals surface area contributed by atoms with E-state index in [0.29, 0.717) is 13.2 Å². The Kier molecular flexibility index (Phi) is 6.70. The normalized spacial score (nSPS) is 13.3. The fourth-order valence-corrected chi connectivity index (χ4v) is 1.70. The van der Waals surface area contributed by atoms with Crippen molar-refractivity contribution in [1.29, 1.82) is 0 Å². The van der Waals surface area contributed by atoms with E-state index in [0.717, 1.165) is 18.6 Å². The average Bonchev–Trinajstić information content (AvgIpc) is 2.34. The van der Waals surface area contributed by atoms with Crippen LogP contribution in [0.1, 0.15) is 19.8 Å². The van der Waals surface area contributed by atoms with Gasteiger partial charge in [-0.3, -0.25) is 0 Å². The van der Waals surface area contributed by atoms with Crippen LogP contribution in [0.2, 0.25) is 0 Å². The molecule has 2 nitrogen and oxygen atoms in total. The topological polar surface area (TPSA) is 21.3 Å². The number of para-hydroxylation sites is 1. The molecule has 0 amide bonds. The third-order valence-corrected chi connectivity index (χ3v) is 2.67. The highest BCUT2D eigenvalue weighted by Crippen LogP contribution is 2.13. The Morgan fingerprint density at radius 2 is 1.89 bits per heavy atom. The Bertz CT molecular complexity index is 340. The van der Waals surface area contributed by atoms with E-state index >= 15 is 0 Å². The van der Waals surface area contributed by atoms with Gasteiger partial charge in [0.05, 0.1) is 13.2 Å². The molecule has 1 N–H and O–H groups in total. The largest absolute Gasteiger partial charge is 0.494 e. The Balaban J connectivity index is 2.03. The Morgan fingerprint density at radius 1 is 1.21 bits per heavy atom. The second kappa shape index (κ2) is 8.04. The van der Waals surface area contributed by atoms with Gasteiger partial charge < -0.3 is 10.1 Å². The number of ether oxygens (including phenoxy) is 1. The van der Waals surface area contributed by atoms with E-state index < -0.39 is 12.7 Å². The molecule has 5 heteroatoms. The summed E-state index contributed by atoms with van der Waals surface area (Å²) in [5.41, 5.74) is 0. The number of halogens is 3. The standard InChI is InChI=1S/C14H20F3NO/c1-12(10-18-11-14(15,16)17)6-5-9-19-13-7-3-2-4-8-13/h2-4,7-8,12,18H,5-6,9-11H2,1H3. The predicted octanol–water partition coefficient (Wildman–Crippen LogP) is 3.63. The van der Waals surface area contributed by atoms with Gasteiger partial charge in [0.2, 0.25) is 0 Å². The van der Waals surface area contributed by atoms with Crippen LogP contribution in [0.4, 0.5) is 13.2 Å². The summed E-state index contributed by atoms with van der Waals surface area (Å²) >= 11 is 0. The van der Waals surface area contributed by atoms with Crippen LogP contribution in [0, 0.1) is 5.92 Å². The van der Waals surface area contributed by atoms with Gasteiger partial charge in [-0.2, -0.15) is 13.2 Å². The first-order valence-electron chi connectivity index (χ1n) is 6.42. The summed E-state index contributed by atoms with van der Waals surface area (Å²) in [6.45, 7) is 1.99. The van der Waals surface area contributed by atoms with Gasteiger partial charge in [-0.25, -0.2) is 0 Å². The van der Waals surface area contributed by atoms with Crippen molar-refractivity contribution in [1.82, 2.24) is 5.32 Å². The van der Waals surface area contributed by atoms with E-state index in [1.165, 1.54) is 0 Å². The monoisotopic (exact) mass is 275 g/mol. The summed E-state index contributed by atoms with van der Waals surface area (Å²) in [6.07, 6.45) is -2.45. The fourth-order valence-electron chi connectivity index (χ4n) is 1.70. The molecule has 0 heterocycles. The number of benzene rings is 1. The maximum atomic E-state index is 11.9. The van der Waals surface area contributed by atoms with Crippen molar-refractivity contribution < 1.29 is 17.9 Å². The molecular weight excluding hydrogens is 255 g/mol. The van der Waals surface area contributed by atoms with Crippen LogP contribution < -0.4 is 10.1 Å².